The summed E-state index contributed by atoms with van der Waals surface area (Å²) >= 11 is 0. The molecule has 0 saturated carbocycles. The van der Waals surface area contributed by atoms with Crippen molar-refractivity contribution in [2.45, 2.75) is 19.9 Å². The van der Waals surface area contributed by atoms with Gasteiger partial charge in [0.25, 0.3) is 5.91 Å². The van der Waals surface area contributed by atoms with Gasteiger partial charge in [0.1, 0.15) is 17.2 Å². The molecule has 0 saturated heterocycles. The number of aryl methyl sites for hydroxylation is 1. The van der Waals surface area contributed by atoms with Gasteiger partial charge in [0.15, 0.2) is 0 Å². The molecule has 2 heterocycles. The summed E-state index contributed by atoms with van der Waals surface area (Å²) in [5.74, 6) is 1.64. The van der Waals surface area contributed by atoms with Crippen LogP contribution in [0, 0.1) is 0 Å². The Morgan fingerprint density at radius 3 is 2.62 bits per heavy atom. The number of ether oxygens (including phenoxy) is 2. The third-order valence-corrected chi connectivity index (χ3v) is 3.78. The molecule has 0 spiro atoms. The monoisotopic (exact) mass is 352 g/mol. The van der Waals surface area contributed by atoms with Crippen LogP contribution in [0.3, 0.4) is 0 Å². The van der Waals surface area contributed by atoms with E-state index in [0.717, 1.165) is 23.4 Å². The Morgan fingerprint density at radius 1 is 1.15 bits per heavy atom. The molecule has 1 aromatic carbocycles. The molecule has 3 rings (SSSR count). The third kappa shape index (κ3) is 4.38. The van der Waals surface area contributed by atoms with Crippen molar-refractivity contribution in [3.05, 3.63) is 65.6 Å². The number of H-pyrrole nitrogens is 1. The van der Waals surface area contributed by atoms with Gasteiger partial charge in [-0.1, -0.05) is 6.92 Å². The molecule has 0 aliphatic rings. The number of aromatic amines is 1. The molecule has 7 heteroatoms. The van der Waals surface area contributed by atoms with Crippen LogP contribution in [-0.4, -0.2) is 28.2 Å². The highest BCUT2D eigenvalue weighted by molar-refractivity contribution is 5.92. The van der Waals surface area contributed by atoms with Gasteiger partial charge in [0, 0.05) is 24.5 Å². The number of pyridine rings is 1. The number of rotatable bonds is 7. The Bertz CT molecular complexity index is 875. The molecule has 0 unspecified atom stereocenters. The number of methoxy groups -OCH3 is 1. The quantitative estimate of drug-likeness (QED) is 0.682. The Morgan fingerprint density at radius 2 is 1.92 bits per heavy atom. The summed E-state index contributed by atoms with van der Waals surface area (Å²) < 4.78 is 10.9. The smallest absolute Gasteiger partial charge is 0.272 e. The number of nitrogens with one attached hydrogen (secondary N) is 2. The zero-order valence-electron chi connectivity index (χ0n) is 14.7. The highest BCUT2D eigenvalue weighted by Gasteiger charge is 2.10. The fraction of sp³-hybridized carbons (Fsp3) is 0.211. The Kier molecular flexibility index (Phi) is 5.48. The summed E-state index contributed by atoms with van der Waals surface area (Å²) in [6.45, 7) is 2.35. The molecule has 2 aromatic heterocycles. The SMILES string of the molecule is CCc1cc(C(=O)NCc2ccnc(Oc3ccc(OC)cc3)c2)n[nH]1. The van der Waals surface area contributed by atoms with Gasteiger partial charge in [-0.3, -0.25) is 9.89 Å². The lowest BCUT2D eigenvalue weighted by molar-refractivity contribution is 0.0946. The van der Waals surface area contributed by atoms with E-state index in [4.69, 9.17) is 9.47 Å². The van der Waals surface area contributed by atoms with Gasteiger partial charge in [0.2, 0.25) is 5.88 Å². The molecule has 0 aliphatic heterocycles. The molecule has 134 valence electrons. The van der Waals surface area contributed by atoms with E-state index in [-0.39, 0.29) is 5.91 Å². The van der Waals surface area contributed by atoms with Crippen LogP contribution in [0.25, 0.3) is 0 Å². The molecule has 0 radical (unpaired) electrons. The number of hydrogen-bond donors (Lipinski definition) is 2. The number of benzene rings is 1. The van der Waals surface area contributed by atoms with Crippen LogP contribution in [0.1, 0.15) is 28.7 Å². The number of carbonyl (C=O) groups is 1. The molecule has 1 amide bonds. The molecule has 0 bridgehead atoms. The first-order chi connectivity index (χ1) is 12.7. The van der Waals surface area contributed by atoms with Crippen LogP contribution in [0.2, 0.25) is 0 Å². The molecular formula is C19H20N4O3. The third-order valence-electron chi connectivity index (χ3n) is 3.78. The second-order valence-corrected chi connectivity index (χ2v) is 5.59. The summed E-state index contributed by atoms with van der Waals surface area (Å²) in [5, 5.41) is 9.67. The van der Waals surface area contributed by atoms with Gasteiger partial charge in [-0.15, -0.1) is 0 Å². The fourth-order valence-electron chi connectivity index (χ4n) is 2.31. The van der Waals surface area contributed by atoms with E-state index in [1.807, 2.05) is 25.1 Å². The average molecular weight is 352 g/mol. The Labute approximate surface area is 151 Å². The van der Waals surface area contributed by atoms with Crippen LogP contribution in [-0.2, 0) is 13.0 Å². The number of aromatic nitrogens is 3. The van der Waals surface area contributed by atoms with Gasteiger partial charge in [-0.05, 0) is 48.4 Å². The van der Waals surface area contributed by atoms with Crippen molar-refractivity contribution in [1.82, 2.24) is 20.5 Å². The second kappa shape index (κ2) is 8.15. The van der Waals surface area contributed by atoms with Crippen molar-refractivity contribution in [1.29, 1.82) is 0 Å². The first-order valence-corrected chi connectivity index (χ1v) is 8.27. The molecule has 2 N–H and O–H groups in total. The van der Waals surface area contributed by atoms with Crippen LogP contribution in [0.5, 0.6) is 17.4 Å². The maximum atomic E-state index is 12.1. The van der Waals surface area contributed by atoms with E-state index in [2.05, 4.69) is 20.5 Å². The van der Waals surface area contributed by atoms with E-state index in [1.54, 1.807) is 37.6 Å². The van der Waals surface area contributed by atoms with E-state index in [1.165, 1.54) is 0 Å². The lowest BCUT2D eigenvalue weighted by atomic mass is 10.2. The lowest BCUT2D eigenvalue weighted by Crippen LogP contribution is -2.23. The van der Waals surface area contributed by atoms with Crippen molar-refractivity contribution in [3.63, 3.8) is 0 Å². The maximum absolute atomic E-state index is 12.1. The van der Waals surface area contributed by atoms with Crippen molar-refractivity contribution in [2.24, 2.45) is 0 Å². The number of nitrogens with zero attached hydrogens (tertiary/aromatic N) is 2. The topological polar surface area (TPSA) is 89.1 Å². The average Bonchev–Trinajstić information content (AvgIpc) is 3.16. The number of hydrogen-bond acceptors (Lipinski definition) is 5. The molecular weight excluding hydrogens is 332 g/mol. The minimum absolute atomic E-state index is 0.226. The zero-order chi connectivity index (χ0) is 18.4. The molecule has 3 aromatic rings. The Balaban J connectivity index is 1.60. The van der Waals surface area contributed by atoms with E-state index < -0.39 is 0 Å². The molecule has 7 nitrogen and oxygen atoms in total. The van der Waals surface area contributed by atoms with Crippen LogP contribution < -0.4 is 14.8 Å². The molecule has 0 aliphatic carbocycles. The first kappa shape index (κ1) is 17.5. The van der Waals surface area contributed by atoms with Gasteiger partial charge in [-0.2, -0.15) is 5.10 Å². The summed E-state index contributed by atoms with van der Waals surface area (Å²) in [6, 6.07) is 12.6. The summed E-state index contributed by atoms with van der Waals surface area (Å²) in [6.07, 6.45) is 2.45. The molecule has 0 atom stereocenters. The largest absolute Gasteiger partial charge is 0.497 e. The van der Waals surface area contributed by atoms with Crippen LogP contribution in [0.15, 0.2) is 48.7 Å². The van der Waals surface area contributed by atoms with Gasteiger partial charge < -0.3 is 14.8 Å². The normalized spacial score (nSPS) is 10.4. The van der Waals surface area contributed by atoms with Crippen molar-refractivity contribution >= 4 is 5.91 Å². The minimum atomic E-state index is -0.226. The van der Waals surface area contributed by atoms with Gasteiger partial charge in [-0.25, -0.2) is 4.98 Å². The second-order valence-electron chi connectivity index (χ2n) is 5.59. The number of amides is 1. The predicted molar refractivity (Wildman–Crippen MR) is 96.4 cm³/mol. The Hall–Kier alpha value is -3.35. The lowest BCUT2D eigenvalue weighted by Gasteiger charge is -2.08. The van der Waals surface area contributed by atoms with E-state index in [0.29, 0.717) is 23.9 Å². The summed E-state index contributed by atoms with van der Waals surface area (Å²) in [7, 11) is 1.61. The summed E-state index contributed by atoms with van der Waals surface area (Å²) in [4.78, 5) is 16.3. The fourth-order valence-corrected chi connectivity index (χ4v) is 2.31. The highest BCUT2D eigenvalue weighted by Crippen LogP contribution is 2.22. The standard InChI is InChI=1S/C19H20N4O3/c1-3-14-11-17(23-22-14)19(24)21-12-13-8-9-20-18(10-13)26-16-6-4-15(25-2)5-7-16/h4-11H,3,12H2,1-2H3,(H,21,24)(H,22,23). The predicted octanol–water partition coefficient (Wildman–Crippen LogP) is 3.10. The first-order valence-electron chi connectivity index (χ1n) is 8.27. The minimum Gasteiger partial charge on any atom is -0.497 e. The van der Waals surface area contributed by atoms with Gasteiger partial charge >= 0.3 is 0 Å². The summed E-state index contributed by atoms with van der Waals surface area (Å²) in [5.41, 5.74) is 2.18. The van der Waals surface area contributed by atoms with Crippen molar-refractivity contribution in [3.8, 4) is 17.4 Å². The van der Waals surface area contributed by atoms with E-state index in [9.17, 15) is 4.79 Å². The van der Waals surface area contributed by atoms with Crippen molar-refractivity contribution in [2.75, 3.05) is 7.11 Å². The molecule has 26 heavy (non-hydrogen) atoms. The van der Waals surface area contributed by atoms with E-state index >= 15 is 0 Å². The highest BCUT2D eigenvalue weighted by atomic mass is 16.5. The van der Waals surface area contributed by atoms with Crippen LogP contribution >= 0.6 is 0 Å². The van der Waals surface area contributed by atoms with Gasteiger partial charge in [0.05, 0.1) is 7.11 Å². The molecule has 0 fully saturated rings. The maximum Gasteiger partial charge on any atom is 0.272 e. The number of carbonyl (C=O) groups excluding carboxylic acids is 1. The zero-order valence-corrected chi connectivity index (χ0v) is 14.7. The van der Waals surface area contributed by atoms with Crippen molar-refractivity contribution < 1.29 is 14.3 Å². The van der Waals surface area contributed by atoms with Crippen LogP contribution in [0.4, 0.5) is 0 Å².